The molecule has 3 N–H and O–H groups in total. The van der Waals surface area contributed by atoms with Crippen LogP contribution in [0.1, 0.15) is 5.56 Å². The van der Waals surface area contributed by atoms with E-state index in [4.69, 9.17) is 5.73 Å². The minimum absolute atomic E-state index is 0.788. The largest absolute Gasteiger partial charge is 0.399 e. The fourth-order valence-corrected chi connectivity index (χ4v) is 2.98. The lowest BCUT2D eigenvalue weighted by molar-refractivity contribution is 1.42. The molecule has 0 spiro atoms. The zero-order valence-electron chi connectivity index (χ0n) is 12.3. The van der Waals surface area contributed by atoms with E-state index in [1.165, 1.54) is 20.3 Å². The Balaban J connectivity index is 1.89. The molecule has 0 heterocycles. The smallest absolute Gasteiger partial charge is 0.0520 e. The summed E-state index contributed by atoms with van der Waals surface area (Å²) in [7, 11) is 0. The number of nitrogens with two attached hydrogens (primary N) is 1. The fraction of sp³-hybridized carbons (Fsp3) is 0.0526. The second-order valence-electron chi connectivity index (χ2n) is 5.26. The summed E-state index contributed by atoms with van der Waals surface area (Å²) >= 11 is 2.37. The molecule has 0 radical (unpaired) electrons. The molecule has 0 aliphatic carbocycles. The van der Waals surface area contributed by atoms with Crippen molar-refractivity contribution in [2.45, 2.75) is 6.92 Å². The summed E-state index contributed by atoms with van der Waals surface area (Å²) in [6.45, 7) is 2.11. The molecule has 0 amide bonds. The third-order valence-electron chi connectivity index (χ3n) is 3.63. The van der Waals surface area contributed by atoms with Crippen LogP contribution in [0, 0.1) is 10.5 Å². The van der Waals surface area contributed by atoms with E-state index in [1.54, 1.807) is 0 Å². The van der Waals surface area contributed by atoms with Gasteiger partial charge in [-0.05, 0) is 76.5 Å². The van der Waals surface area contributed by atoms with Crippen LogP contribution in [-0.2, 0) is 0 Å². The summed E-state index contributed by atoms with van der Waals surface area (Å²) in [4.78, 5) is 0. The second-order valence-corrected chi connectivity index (χ2v) is 6.42. The van der Waals surface area contributed by atoms with Crippen LogP contribution >= 0.6 is 22.6 Å². The molecule has 0 unspecified atom stereocenters. The number of aryl methyl sites for hydroxylation is 1. The van der Waals surface area contributed by atoms with E-state index in [1.807, 2.05) is 18.2 Å². The molecule has 3 aromatic rings. The molecule has 0 atom stereocenters. The highest BCUT2D eigenvalue weighted by Crippen LogP contribution is 2.29. The number of nitrogen functional groups attached to an aromatic ring is 1. The van der Waals surface area contributed by atoms with Crippen molar-refractivity contribution in [3.8, 4) is 11.1 Å². The predicted molar refractivity (Wildman–Crippen MR) is 103 cm³/mol. The summed E-state index contributed by atoms with van der Waals surface area (Å²) < 4.78 is 1.19. The van der Waals surface area contributed by atoms with Gasteiger partial charge in [-0.2, -0.15) is 0 Å². The molecule has 0 bridgehead atoms. The van der Waals surface area contributed by atoms with Crippen LogP contribution in [0.25, 0.3) is 11.1 Å². The number of nitrogens with one attached hydrogen (secondary N) is 1. The lowest BCUT2D eigenvalue weighted by Gasteiger charge is -2.12. The average Bonchev–Trinajstić information content (AvgIpc) is 2.52. The Bertz CT molecular complexity index is 795. The van der Waals surface area contributed by atoms with Crippen molar-refractivity contribution < 1.29 is 0 Å². The molecule has 110 valence electrons. The van der Waals surface area contributed by atoms with E-state index in [0.717, 1.165) is 17.1 Å². The lowest BCUT2D eigenvalue weighted by atomic mass is 10.0. The first-order chi connectivity index (χ1) is 10.6. The maximum atomic E-state index is 5.75. The predicted octanol–water partition coefficient (Wildman–Crippen LogP) is 5.59. The van der Waals surface area contributed by atoms with Crippen LogP contribution in [0.2, 0.25) is 0 Å². The van der Waals surface area contributed by atoms with Gasteiger partial charge in [0.05, 0.1) is 5.69 Å². The second kappa shape index (κ2) is 6.40. The molecular formula is C19H17IN2. The van der Waals surface area contributed by atoms with Crippen LogP contribution in [0.15, 0.2) is 66.7 Å². The summed E-state index contributed by atoms with van der Waals surface area (Å²) in [6, 6.07) is 22.7. The van der Waals surface area contributed by atoms with E-state index < -0.39 is 0 Å². The van der Waals surface area contributed by atoms with E-state index in [-0.39, 0.29) is 0 Å². The topological polar surface area (TPSA) is 38.0 Å². The third kappa shape index (κ3) is 3.25. The van der Waals surface area contributed by atoms with Crippen LogP contribution in [0.5, 0.6) is 0 Å². The Morgan fingerprint density at radius 1 is 0.818 bits per heavy atom. The normalized spacial score (nSPS) is 10.5. The van der Waals surface area contributed by atoms with Crippen molar-refractivity contribution in [3.05, 3.63) is 75.9 Å². The maximum absolute atomic E-state index is 5.75. The number of rotatable bonds is 3. The Labute approximate surface area is 144 Å². The molecule has 0 aliphatic heterocycles. The van der Waals surface area contributed by atoms with E-state index in [9.17, 15) is 0 Å². The first-order valence-corrected chi connectivity index (χ1v) is 8.19. The van der Waals surface area contributed by atoms with Gasteiger partial charge in [0.25, 0.3) is 0 Å². The summed E-state index contributed by atoms with van der Waals surface area (Å²) in [5.74, 6) is 0. The first-order valence-electron chi connectivity index (χ1n) is 7.11. The highest BCUT2D eigenvalue weighted by Gasteiger charge is 2.05. The molecule has 3 heteroatoms. The van der Waals surface area contributed by atoms with Gasteiger partial charge in [-0.15, -0.1) is 0 Å². The molecule has 3 aromatic carbocycles. The van der Waals surface area contributed by atoms with Crippen molar-refractivity contribution in [2.24, 2.45) is 0 Å². The van der Waals surface area contributed by atoms with Crippen molar-refractivity contribution >= 4 is 39.7 Å². The van der Waals surface area contributed by atoms with Crippen molar-refractivity contribution in [2.75, 3.05) is 11.1 Å². The zero-order valence-corrected chi connectivity index (χ0v) is 14.5. The highest BCUT2D eigenvalue weighted by atomic mass is 127. The van der Waals surface area contributed by atoms with Gasteiger partial charge >= 0.3 is 0 Å². The van der Waals surface area contributed by atoms with Gasteiger partial charge < -0.3 is 11.1 Å². The van der Waals surface area contributed by atoms with Crippen molar-refractivity contribution in [1.82, 2.24) is 0 Å². The lowest BCUT2D eigenvalue weighted by Crippen LogP contribution is -1.95. The standard InChI is InChI=1S/C19H17IN2/c1-13-4-2-3-5-18(13)22-19-11-8-15(12-17(19)20)14-6-9-16(21)10-7-14/h2-12,22H,21H2,1H3. The van der Waals surface area contributed by atoms with Crippen molar-refractivity contribution in [3.63, 3.8) is 0 Å². The third-order valence-corrected chi connectivity index (χ3v) is 4.52. The number of halogens is 1. The van der Waals surface area contributed by atoms with Crippen LogP contribution in [0.3, 0.4) is 0 Å². The van der Waals surface area contributed by atoms with Crippen molar-refractivity contribution in [1.29, 1.82) is 0 Å². The average molecular weight is 400 g/mol. The number of para-hydroxylation sites is 1. The number of benzene rings is 3. The Morgan fingerprint density at radius 3 is 2.18 bits per heavy atom. The molecule has 0 fully saturated rings. The molecule has 3 rings (SSSR count). The minimum Gasteiger partial charge on any atom is -0.399 e. The van der Waals surface area contributed by atoms with Gasteiger partial charge in [0.2, 0.25) is 0 Å². The van der Waals surface area contributed by atoms with Gasteiger partial charge in [0, 0.05) is 14.9 Å². The number of anilines is 3. The zero-order chi connectivity index (χ0) is 15.5. The summed E-state index contributed by atoms with van der Waals surface area (Å²) in [6.07, 6.45) is 0. The SMILES string of the molecule is Cc1ccccc1Nc1ccc(-c2ccc(N)cc2)cc1I. The summed E-state index contributed by atoms with van der Waals surface area (Å²) in [5, 5.41) is 3.50. The molecule has 0 aliphatic rings. The summed E-state index contributed by atoms with van der Waals surface area (Å²) in [5.41, 5.74) is 12.4. The maximum Gasteiger partial charge on any atom is 0.0520 e. The van der Waals surface area contributed by atoms with E-state index >= 15 is 0 Å². The van der Waals surface area contributed by atoms with Gasteiger partial charge in [0.1, 0.15) is 0 Å². The van der Waals surface area contributed by atoms with Gasteiger partial charge in [-0.25, -0.2) is 0 Å². The van der Waals surface area contributed by atoms with E-state index in [0.29, 0.717) is 0 Å². The van der Waals surface area contributed by atoms with Gasteiger partial charge in [-0.1, -0.05) is 36.4 Å². The monoisotopic (exact) mass is 400 g/mol. The minimum atomic E-state index is 0.788. The molecule has 22 heavy (non-hydrogen) atoms. The Morgan fingerprint density at radius 2 is 1.50 bits per heavy atom. The molecule has 2 nitrogen and oxygen atoms in total. The van der Waals surface area contributed by atoms with Gasteiger partial charge in [-0.3, -0.25) is 0 Å². The quantitative estimate of drug-likeness (QED) is 0.444. The molecule has 0 saturated carbocycles. The molecular weight excluding hydrogens is 383 g/mol. The molecule has 0 aromatic heterocycles. The van der Waals surface area contributed by atoms with Crippen LogP contribution in [-0.4, -0.2) is 0 Å². The highest BCUT2D eigenvalue weighted by molar-refractivity contribution is 14.1. The van der Waals surface area contributed by atoms with Crippen LogP contribution in [0.4, 0.5) is 17.1 Å². The Kier molecular flexibility index (Phi) is 4.34. The number of hydrogen-bond acceptors (Lipinski definition) is 2. The fourth-order valence-electron chi connectivity index (χ4n) is 2.33. The van der Waals surface area contributed by atoms with Gasteiger partial charge in [0.15, 0.2) is 0 Å². The van der Waals surface area contributed by atoms with Crippen LogP contribution < -0.4 is 11.1 Å². The molecule has 0 saturated heterocycles. The first kappa shape index (κ1) is 14.9. The Hall–Kier alpha value is -2.01. The van der Waals surface area contributed by atoms with E-state index in [2.05, 4.69) is 83.4 Å². The number of hydrogen-bond donors (Lipinski definition) is 2.